The number of benzene rings is 1. The van der Waals surface area contributed by atoms with Crippen LogP contribution in [0.4, 0.5) is 0 Å². The van der Waals surface area contributed by atoms with Crippen LogP contribution < -0.4 is 37.6 Å². The molecular formula is C31H45N7O11. The number of hydrogen-bond donors (Lipinski definition) is 9. The summed E-state index contributed by atoms with van der Waals surface area (Å²) in [5.41, 5.74) is 6.55. The summed E-state index contributed by atoms with van der Waals surface area (Å²) in [5.74, 6) is -8.01. The van der Waals surface area contributed by atoms with Crippen LogP contribution in [0, 0.1) is 5.92 Å². The first-order valence-electron chi connectivity index (χ1n) is 15.5. The Balaban J connectivity index is 2.74. The highest BCUT2D eigenvalue weighted by molar-refractivity contribution is 5.96. The molecule has 270 valence electrons. The van der Waals surface area contributed by atoms with Crippen LogP contribution >= 0.6 is 0 Å². The fourth-order valence-electron chi connectivity index (χ4n) is 4.19. The number of hydrogen-bond acceptors (Lipinski definition) is 10. The lowest BCUT2D eigenvalue weighted by Crippen LogP contribution is -2.56. The molecule has 1 rings (SSSR count). The molecule has 0 spiro atoms. The Morgan fingerprint density at radius 2 is 1.35 bits per heavy atom. The molecule has 0 bridgehead atoms. The number of nitrogens with one attached hydrogen (secondary N) is 6. The molecule has 10 N–H and O–H groups in total. The number of aliphatic carboxylic acids is 2. The Labute approximate surface area is 282 Å². The summed E-state index contributed by atoms with van der Waals surface area (Å²) in [4.78, 5) is 109. The van der Waals surface area contributed by atoms with E-state index in [-0.39, 0.29) is 18.8 Å². The van der Waals surface area contributed by atoms with Crippen LogP contribution in [-0.4, -0.2) is 107 Å². The van der Waals surface area contributed by atoms with Crippen molar-refractivity contribution in [2.45, 2.75) is 83.1 Å². The number of carbonyl (C=O) groups is 9. The van der Waals surface area contributed by atoms with Gasteiger partial charge in [0.25, 0.3) is 0 Å². The van der Waals surface area contributed by atoms with Crippen molar-refractivity contribution in [3.63, 3.8) is 0 Å². The van der Waals surface area contributed by atoms with E-state index < -0.39 is 104 Å². The quantitative estimate of drug-likeness (QED) is 0.0563. The molecule has 0 saturated heterocycles. The molecule has 49 heavy (non-hydrogen) atoms. The van der Waals surface area contributed by atoms with Gasteiger partial charge in [0.05, 0.1) is 31.6 Å². The van der Waals surface area contributed by atoms with Gasteiger partial charge in [0.15, 0.2) is 0 Å². The summed E-state index contributed by atoms with van der Waals surface area (Å²) < 4.78 is 0. The second kappa shape index (κ2) is 21.5. The molecule has 0 aliphatic rings. The molecular weight excluding hydrogens is 646 g/mol. The first-order chi connectivity index (χ1) is 23.1. The van der Waals surface area contributed by atoms with Crippen LogP contribution in [0.1, 0.15) is 52.0 Å². The van der Waals surface area contributed by atoms with Gasteiger partial charge in [0, 0.05) is 6.42 Å². The molecule has 0 aliphatic carbocycles. The Hall–Kier alpha value is -5.39. The van der Waals surface area contributed by atoms with Crippen LogP contribution in [0.25, 0.3) is 0 Å². The first kappa shape index (κ1) is 41.6. The van der Waals surface area contributed by atoms with Crippen molar-refractivity contribution in [1.29, 1.82) is 0 Å². The molecule has 1 aromatic rings. The lowest BCUT2D eigenvalue weighted by atomic mass is 9.99. The zero-order valence-corrected chi connectivity index (χ0v) is 27.5. The van der Waals surface area contributed by atoms with Crippen LogP contribution in [0.2, 0.25) is 0 Å². The van der Waals surface area contributed by atoms with E-state index >= 15 is 0 Å². The van der Waals surface area contributed by atoms with Crippen molar-refractivity contribution >= 4 is 53.7 Å². The van der Waals surface area contributed by atoms with Crippen molar-refractivity contribution in [3.05, 3.63) is 35.9 Å². The lowest BCUT2D eigenvalue weighted by Gasteiger charge is -2.23. The van der Waals surface area contributed by atoms with Gasteiger partial charge < -0.3 is 52.6 Å². The van der Waals surface area contributed by atoms with Crippen LogP contribution in [0.15, 0.2) is 30.3 Å². The van der Waals surface area contributed by atoms with Gasteiger partial charge in [-0.3, -0.25) is 38.4 Å². The van der Waals surface area contributed by atoms with Gasteiger partial charge in [0.1, 0.15) is 24.4 Å². The number of aldehydes is 1. The lowest BCUT2D eigenvalue weighted by molar-refractivity contribution is -0.141. The molecule has 0 fully saturated rings. The van der Waals surface area contributed by atoms with Gasteiger partial charge in [-0.25, -0.2) is 0 Å². The van der Waals surface area contributed by atoms with E-state index in [9.17, 15) is 48.3 Å². The van der Waals surface area contributed by atoms with E-state index in [2.05, 4.69) is 31.9 Å². The fourth-order valence-corrected chi connectivity index (χ4v) is 4.19. The van der Waals surface area contributed by atoms with Gasteiger partial charge >= 0.3 is 11.9 Å². The number of rotatable bonds is 22. The second-order valence-corrected chi connectivity index (χ2v) is 11.3. The van der Waals surface area contributed by atoms with Gasteiger partial charge in [-0.2, -0.15) is 0 Å². The summed E-state index contributed by atoms with van der Waals surface area (Å²) in [6, 6.07) is 2.61. The minimum Gasteiger partial charge on any atom is -0.481 e. The van der Waals surface area contributed by atoms with E-state index in [1.165, 1.54) is 6.92 Å². The zero-order chi connectivity index (χ0) is 37.1. The van der Waals surface area contributed by atoms with Crippen LogP contribution in [-0.2, 0) is 49.6 Å². The molecule has 0 aromatic heterocycles. The van der Waals surface area contributed by atoms with E-state index in [1.54, 1.807) is 37.3 Å². The molecule has 0 radical (unpaired) electrons. The molecule has 0 heterocycles. The first-order valence-corrected chi connectivity index (χ1v) is 15.5. The minimum atomic E-state index is -1.62. The fraction of sp³-hybridized carbons (Fsp3) is 0.516. The van der Waals surface area contributed by atoms with Crippen LogP contribution in [0.3, 0.4) is 0 Å². The molecule has 18 heteroatoms. The normalized spacial score (nSPS) is 14.3. The van der Waals surface area contributed by atoms with E-state index in [0.717, 1.165) is 5.56 Å². The summed E-state index contributed by atoms with van der Waals surface area (Å²) >= 11 is 0. The number of carboxylic acids is 2. The molecule has 0 unspecified atom stereocenters. The molecule has 18 nitrogen and oxygen atoms in total. The predicted molar refractivity (Wildman–Crippen MR) is 172 cm³/mol. The Morgan fingerprint density at radius 3 is 1.90 bits per heavy atom. The SMILES string of the molecule is CC[C@H](C)[C@H](N)C(=O)NCC(=O)N[C@@H](CC(=O)O)C(=O)NCC(=O)N[C@@H](C)C(=O)N[C@@H](CCC(=O)O)C(=O)N[C@H](C=O)Cc1ccccc1. The molecule has 1 aromatic carbocycles. The number of nitrogens with two attached hydrogens (primary N) is 1. The molecule has 6 amide bonds. The maximum Gasteiger partial charge on any atom is 0.305 e. The van der Waals surface area contributed by atoms with E-state index in [1.807, 2.05) is 6.92 Å². The van der Waals surface area contributed by atoms with Crippen molar-refractivity contribution in [2.24, 2.45) is 11.7 Å². The van der Waals surface area contributed by atoms with Crippen molar-refractivity contribution in [2.75, 3.05) is 13.1 Å². The third-order valence-corrected chi connectivity index (χ3v) is 7.28. The van der Waals surface area contributed by atoms with E-state index in [0.29, 0.717) is 12.7 Å². The maximum atomic E-state index is 12.9. The van der Waals surface area contributed by atoms with Gasteiger partial charge in [-0.05, 0) is 31.2 Å². The number of carbonyl (C=O) groups excluding carboxylic acids is 7. The highest BCUT2D eigenvalue weighted by atomic mass is 16.4. The predicted octanol–water partition coefficient (Wildman–Crippen LogP) is -2.67. The zero-order valence-electron chi connectivity index (χ0n) is 27.5. The highest BCUT2D eigenvalue weighted by Gasteiger charge is 2.28. The standard InChI is InChI=1S/C31H45N7O11/c1-4-17(2)27(32)31(49)34-15-24(41)37-22(13-26(44)45)29(47)33-14-23(40)35-18(3)28(46)38-21(10-11-25(42)43)30(48)36-20(16-39)12-19-8-6-5-7-9-19/h5-9,16-18,20-22,27H,4,10-15,32H2,1-3H3,(H,33,47)(H,34,49)(H,35,40)(H,36,48)(H,37,41)(H,38,46)(H,42,43)(H,44,45)/t17-,18-,20-,21-,22-,27-/m0/s1. The molecule has 0 aliphatic heterocycles. The van der Waals surface area contributed by atoms with Gasteiger partial charge in [-0.1, -0.05) is 50.6 Å². The van der Waals surface area contributed by atoms with Crippen LogP contribution in [0.5, 0.6) is 0 Å². The summed E-state index contributed by atoms with van der Waals surface area (Å²) in [6.07, 6.45) is -0.412. The largest absolute Gasteiger partial charge is 0.481 e. The topological polar surface area (TPSA) is 292 Å². The Bertz CT molecular complexity index is 1340. The second-order valence-electron chi connectivity index (χ2n) is 11.3. The maximum absolute atomic E-state index is 12.9. The van der Waals surface area contributed by atoms with Crippen molar-refractivity contribution in [1.82, 2.24) is 31.9 Å². The summed E-state index contributed by atoms with van der Waals surface area (Å²) in [6.45, 7) is 3.50. The third kappa shape index (κ3) is 16.3. The van der Waals surface area contributed by atoms with Gasteiger partial charge in [-0.15, -0.1) is 0 Å². The summed E-state index contributed by atoms with van der Waals surface area (Å²) in [7, 11) is 0. The molecule has 6 atom stereocenters. The van der Waals surface area contributed by atoms with E-state index in [4.69, 9.17) is 10.8 Å². The van der Waals surface area contributed by atoms with Crippen molar-refractivity contribution in [3.8, 4) is 0 Å². The third-order valence-electron chi connectivity index (χ3n) is 7.28. The monoisotopic (exact) mass is 691 g/mol. The molecule has 0 saturated carbocycles. The Morgan fingerprint density at radius 1 is 0.755 bits per heavy atom. The number of carboxylic acid groups (broad SMARTS) is 2. The van der Waals surface area contributed by atoms with Crippen molar-refractivity contribution < 1.29 is 53.4 Å². The number of amides is 6. The Kier molecular flexibility index (Phi) is 18.2. The minimum absolute atomic E-state index is 0.147. The average molecular weight is 692 g/mol. The summed E-state index contributed by atoms with van der Waals surface area (Å²) in [5, 5.41) is 32.0. The smallest absolute Gasteiger partial charge is 0.305 e. The highest BCUT2D eigenvalue weighted by Crippen LogP contribution is 2.06. The average Bonchev–Trinajstić information content (AvgIpc) is 3.06. The van der Waals surface area contributed by atoms with Gasteiger partial charge in [0.2, 0.25) is 35.4 Å².